The van der Waals surface area contributed by atoms with Crippen molar-refractivity contribution in [2.75, 3.05) is 5.32 Å². The van der Waals surface area contributed by atoms with Gasteiger partial charge < -0.3 is 10.4 Å². The van der Waals surface area contributed by atoms with Crippen LogP contribution in [0.25, 0.3) is 0 Å². The predicted octanol–water partition coefficient (Wildman–Crippen LogP) is 2.42. The Morgan fingerprint density at radius 2 is 2.16 bits per heavy atom. The number of hydrogen-bond donors (Lipinski definition) is 2. The molecule has 0 aliphatic rings. The van der Waals surface area contributed by atoms with Crippen LogP contribution in [0.4, 0.5) is 5.82 Å². The number of aryl methyl sites for hydroxylation is 2. The Morgan fingerprint density at radius 1 is 1.42 bits per heavy atom. The molecule has 100 valence electrons. The number of nitrogens with zero attached hydrogens (tertiary/aromatic N) is 3. The third kappa shape index (κ3) is 3.05. The molecule has 2 N–H and O–H groups in total. The largest absolute Gasteiger partial charge is 0.476 e. The SMILES string of the molecule is Cc1cnc(C)c(NC(C)c2nc(C(=O)O)cs2)n1. The van der Waals surface area contributed by atoms with Crippen molar-refractivity contribution >= 4 is 23.1 Å². The molecular formula is C12H14N4O2S. The van der Waals surface area contributed by atoms with Crippen molar-refractivity contribution in [2.24, 2.45) is 0 Å². The van der Waals surface area contributed by atoms with Gasteiger partial charge in [0.1, 0.15) is 10.8 Å². The van der Waals surface area contributed by atoms with Gasteiger partial charge in [0.25, 0.3) is 0 Å². The summed E-state index contributed by atoms with van der Waals surface area (Å²) in [6, 6.07) is -0.118. The summed E-state index contributed by atoms with van der Waals surface area (Å²) in [5, 5.41) is 14.3. The Kier molecular flexibility index (Phi) is 3.75. The molecule has 0 spiro atoms. The van der Waals surface area contributed by atoms with Crippen molar-refractivity contribution in [2.45, 2.75) is 26.8 Å². The molecule has 2 rings (SSSR count). The lowest BCUT2D eigenvalue weighted by atomic mass is 10.3. The van der Waals surface area contributed by atoms with Crippen LogP contribution in [-0.2, 0) is 0 Å². The van der Waals surface area contributed by atoms with Crippen LogP contribution in [0, 0.1) is 13.8 Å². The van der Waals surface area contributed by atoms with Crippen LogP contribution in [0.1, 0.15) is 39.8 Å². The average Bonchev–Trinajstić information content (AvgIpc) is 2.83. The maximum Gasteiger partial charge on any atom is 0.355 e. The van der Waals surface area contributed by atoms with Crippen molar-refractivity contribution in [3.05, 3.63) is 33.7 Å². The predicted molar refractivity (Wildman–Crippen MR) is 72.6 cm³/mol. The summed E-state index contributed by atoms with van der Waals surface area (Å²) in [4.78, 5) is 23.5. The lowest BCUT2D eigenvalue weighted by Crippen LogP contribution is -2.10. The molecule has 2 aromatic rings. The minimum atomic E-state index is -1.01. The maximum atomic E-state index is 10.8. The van der Waals surface area contributed by atoms with Crippen LogP contribution in [0.15, 0.2) is 11.6 Å². The highest BCUT2D eigenvalue weighted by atomic mass is 32.1. The van der Waals surface area contributed by atoms with Gasteiger partial charge in [0.05, 0.1) is 17.4 Å². The normalized spacial score (nSPS) is 12.2. The second kappa shape index (κ2) is 5.31. The molecule has 0 saturated heterocycles. The number of nitrogens with one attached hydrogen (secondary N) is 1. The van der Waals surface area contributed by atoms with Gasteiger partial charge in [0, 0.05) is 11.6 Å². The van der Waals surface area contributed by atoms with Crippen LogP contribution >= 0.6 is 11.3 Å². The first kappa shape index (κ1) is 13.4. The van der Waals surface area contributed by atoms with Crippen LogP contribution in [-0.4, -0.2) is 26.0 Å². The Labute approximate surface area is 114 Å². The fraction of sp³-hybridized carbons (Fsp3) is 0.333. The third-order valence-electron chi connectivity index (χ3n) is 2.54. The zero-order valence-corrected chi connectivity index (χ0v) is 11.7. The summed E-state index contributed by atoms with van der Waals surface area (Å²) in [6.45, 7) is 5.65. The van der Waals surface area contributed by atoms with Gasteiger partial charge in [-0.15, -0.1) is 11.3 Å². The zero-order chi connectivity index (χ0) is 14.0. The fourth-order valence-electron chi connectivity index (χ4n) is 1.53. The Bertz CT molecular complexity index is 612. The van der Waals surface area contributed by atoms with E-state index in [0.717, 1.165) is 11.4 Å². The molecule has 0 amide bonds. The van der Waals surface area contributed by atoms with Gasteiger partial charge in [0.15, 0.2) is 5.69 Å². The number of carboxylic acids is 1. The summed E-state index contributed by atoms with van der Waals surface area (Å²) in [7, 11) is 0. The third-order valence-corrected chi connectivity index (χ3v) is 3.57. The number of rotatable bonds is 4. The van der Waals surface area contributed by atoms with E-state index in [4.69, 9.17) is 5.11 Å². The molecule has 19 heavy (non-hydrogen) atoms. The van der Waals surface area contributed by atoms with Crippen molar-refractivity contribution in [3.63, 3.8) is 0 Å². The van der Waals surface area contributed by atoms with Crippen LogP contribution in [0.2, 0.25) is 0 Å². The molecule has 1 unspecified atom stereocenters. The number of carbonyl (C=O) groups is 1. The lowest BCUT2D eigenvalue weighted by Gasteiger charge is -2.13. The molecule has 0 aliphatic carbocycles. The van der Waals surface area contributed by atoms with Crippen molar-refractivity contribution < 1.29 is 9.90 Å². The van der Waals surface area contributed by atoms with E-state index >= 15 is 0 Å². The zero-order valence-electron chi connectivity index (χ0n) is 10.8. The highest BCUT2D eigenvalue weighted by Crippen LogP contribution is 2.22. The quantitative estimate of drug-likeness (QED) is 0.893. The van der Waals surface area contributed by atoms with Crippen LogP contribution in [0.5, 0.6) is 0 Å². The van der Waals surface area contributed by atoms with Crippen molar-refractivity contribution in [1.29, 1.82) is 0 Å². The van der Waals surface area contributed by atoms with E-state index in [9.17, 15) is 4.79 Å². The first-order valence-electron chi connectivity index (χ1n) is 5.73. The Morgan fingerprint density at radius 3 is 2.79 bits per heavy atom. The number of carboxylic acid groups (broad SMARTS) is 1. The van der Waals surface area contributed by atoms with Gasteiger partial charge in [-0.25, -0.2) is 14.8 Å². The van der Waals surface area contributed by atoms with Gasteiger partial charge >= 0.3 is 5.97 Å². The molecular weight excluding hydrogens is 264 g/mol. The van der Waals surface area contributed by atoms with Crippen LogP contribution in [0.3, 0.4) is 0 Å². The first-order chi connectivity index (χ1) is 8.97. The summed E-state index contributed by atoms with van der Waals surface area (Å²) < 4.78 is 0. The summed E-state index contributed by atoms with van der Waals surface area (Å²) in [5.74, 6) is -0.319. The second-order valence-corrected chi connectivity index (χ2v) is 5.08. The van der Waals surface area contributed by atoms with Crippen LogP contribution < -0.4 is 5.32 Å². The number of aromatic nitrogens is 3. The smallest absolute Gasteiger partial charge is 0.355 e. The number of thiazole rings is 1. The van der Waals surface area contributed by atoms with E-state index < -0.39 is 5.97 Å². The molecule has 2 aromatic heterocycles. The van der Waals surface area contributed by atoms with E-state index in [1.54, 1.807) is 6.20 Å². The Balaban J connectivity index is 2.17. The standard InChI is InChI=1S/C12H14N4O2S/c1-6-4-13-7(2)10(14-6)15-8(3)11-16-9(5-19-11)12(17)18/h4-5,8H,1-3H3,(H,14,15)(H,17,18). The van der Waals surface area contributed by atoms with E-state index in [2.05, 4.69) is 20.3 Å². The number of aromatic carboxylic acids is 1. The molecule has 0 bridgehead atoms. The summed E-state index contributed by atoms with van der Waals surface area (Å²) in [6.07, 6.45) is 1.71. The van der Waals surface area contributed by atoms with Crippen molar-refractivity contribution in [1.82, 2.24) is 15.0 Å². The topological polar surface area (TPSA) is 88.0 Å². The molecule has 0 aliphatic heterocycles. The summed E-state index contributed by atoms with van der Waals surface area (Å²) in [5.41, 5.74) is 1.69. The molecule has 0 radical (unpaired) electrons. The fourth-order valence-corrected chi connectivity index (χ4v) is 2.33. The minimum absolute atomic E-state index is 0.0701. The average molecular weight is 278 g/mol. The molecule has 1 atom stereocenters. The van der Waals surface area contributed by atoms with Gasteiger partial charge in [-0.1, -0.05) is 0 Å². The monoisotopic (exact) mass is 278 g/mol. The molecule has 0 aromatic carbocycles. The number of anilines is 1. The van der Waals surface area contributed by atoms with E-state index in [1.807, 2.05) is 20.8 Å². The number of hydrogen-bond acceptors (Lipinski definition) is 6. The van der Waals surface area contributed by atoms with E-state index in [0.29, 0.717) is 10.8 Å². The lowest BCUT2D eigenvalue weighted by molar-refractivity contribution is 0.0691. The van der Waals surface area contributed by atoms with Gasteiger partial charge in [-0.2, -0.15) is 0 Å². The highest BCUT2D eigenvalue weighted by Gasteiger charge is 2.15. The highest BCUT2D eigenvalue weighted by molar-refractivity contribution is 7.09. The minimum Gasteiger partial charge on any atom is -0.476 e. The van der Waals surface area contributed by atoms with E-state index in [-0.39, 0.29) is 11.7 Å². The molecule has 2 heterocycles. The molecule has 7 heteroatoms. The molecule has 0 fully saturated rings. The molecule has 6 nitrogen and oxygen atoms in total. The molecule has 0 saturated carbocycles. The first-order valence-corrected chi connectivity index (χ1v) is 6.61. The van der Waals surface area contributed by atoms with Crippen molar-refractivity contribution in [3.8, 4) is 0 Å². The Hall–Kier alpha value is -2.02. The second-order valence-electron chi connectivity index (χ2n) is 4.19. The van der Waals surface area contributed by atoms with Gasteiger partial charge in [-0.3, -0.25) is 4.98 Å². The summed E-state index contributed by atoms with van der Waals surface area (Å²) >= 11 is 1.31. The maximum absolute atomic E-state index is 10.8. The van der Waals surface area contributed by atoms with Gasteiger partial charge in [0.2, 0.25) is 0 Å². The van der Waals surface area contributed by atoms with Gasteiger partial charge in [-0.05, 0) is 20.8 Å². The van der Waals surface area contributed by atoms with E-state index in [1.165, 1.54) is 16.7 Å².